The molecule has 1 aromatic heterocycles. The molecular weight excluding hydrogens is 376 g/mol. The number of carbonyl (C=O) groups is 1. The van der Waals surface area contributed by atoms with Crippen molar-refractivity contribution in [3.8, 4) is 0 Å². The zero-order chi connectivity index (χ0) is 20.6. The number of amides is 1. The van der Waals surface area contributed by atoms with Crippen LogP contribution in [0.5, 0.6) is 0 Å². The van der Waals surface area contributed by atoms with Crippen molar-refractivity contribution >= 4 is 23.4 Å². The second-order valence-electron chi connectivity index (χ2n) is 6.49. The second kappa shape index (κ2) is 9.67. The summed E-state index contributed by atoms with van der Waals surface area (Å²) in [6, 6.07) is 9.86. The summed E-state index contributed by atoms with van der Waals surface area (Å²) in [7, 11) is 0. The molecule has 0 spiro atoms. The van der Waals surface area contributed by atoms with Crippen LogP contribution >= 0.6 is 0 Å². The van der Waals surface area contributed by atoms with Crippen molar-refractivity contribution in [1.82, 2.24) is 14.9 Å². The zero-order valence-corrected chi connectivity index (χ0v) is 16.3. The highest BCUT2D eigenvalue weighted by Gasteiger charge is 2.30. The summed E-state index contributed by atoms with van der Waals surface area (Å²) >= 11 is 0. The van der Waals surface area contributed by atoms with E-state index in [4.69, 9.17) is 4.74 Å². The Labute approximate surface area is 168 Å². The fraction of sp³-hybridized carbons (Fsp3) is 0.421. The van der Waals surface area contributed by atoms with Crippen LogP contribution in [0.2, 0.25) is 0 Å². The van der Waals surface area contributed by atoms with Crippen LogP contribution in [0.15, 0.2) is 36.7 Å². The number of aromatic nitrogens is 2. The number of hydrogen-bond acceptors (Lipinski definition) is 8. The van der Waals surface area contributed by atoms with E-state index in [2.05, 4.69) is 15.3 Å². The van der Waals surface area contributed by atoms with E-state index in [-0.39, 0.29) is 23.4 Å². The van der Waals surface area contributed by atoms with Gasteiger partial charge in [0.1, 0.15) is 6.33 Å². The molecule has 1 saturated heterocycles. The first-order chi connectivity index (χ1) is 14.1. The van der Waals surface area contributed by atoms with Gasteiger partial charge in [-0.2, -0.15) is 0 Å². The Kier molecular flexibility index (Phi) is 6.77. The van der Waals surface area contributed by atoms with Gasteiger partial charge in [0.2, 0.25) is 11.6 Å². The molecule has 1 amide bonds. The van der Waals surface area contributed by atoms with Crippen LogP contribution in [0.25, 0.3) is 0 Å². The number of anilines is 2. The van der Waals surface area contributed by atoms with E-state index in [1.165, 1.54) is 6.33 Å². The van der Waals surface area contributed by atoms with E-state index < -0.39 is 4.92 Å². The van der Waals surface area contributed by atoms with E-state index in [0.29, 0.717) is 39.3 Å². The summed E-state index contributed by atoms with van der Waals surface area (Å²) < 4.78 is 5.01. The number of benzene rings is 1. The molecule has 0 bridgehead atoms. The normalized spacial score (nSPS) is 13.8. The van der Waals surface area contributed by atoms with Crippen LogP contribution < -0.4 is 10.2 Å². The summed E-state index contributed by atoms with van der Waals surface area (Å²) in [6.45, 7) is 4.27. The van der Waals surface area contributed by atoms with E-state index >= 15 is 0 Å². The molecule has 0 atom stereocenters. The first kappa shape index (κ1) is 20.3. The minimum Gasteiger partial charge on any atom is -0.450 e. The van der Waals surface area contributed by atoms with Crippen LogP contribution in [-0.2, 0) is 11.2 Å². The fourth-order valence-electron chi connectivity index (χ4n) is 3.18. The number of carbonyl (C=O) groups excluding carboxylic acids is 1. The Hall–Kier alpha value is -3.43. The molecule has 1 aromatic carbocycles. The monoisotopic (exact) mass is 400 g/mol. The van der Waals surface area contributed by atoms with Gasteiger partial charge >= 0.3 is 11.8 Å². The molecule has 3 rings (SSSR count). The summed E-state index contributed by atoms with van der Waals surface area (Å²) in [4.78, 5) is 34.8. The minimum atomic E-state index is -0.460. The van der Waals surface area contributed by atoms with Crippen molar-refractivity contribution in [2.75, 3.05) is 49.5 Å². The van der Waals surface area contributed by atoms with Gasteiger partial charge in [0.05, 0.1) is 11.5 Å². The molecule has 1 N–H and O–H groups in total. The van der Waals surface area contributed by atoms with E-state index in [1.807, 2.05) is 30.3 Å². The molecule has 10 heteroatoms. The van der Waals surface area contributed by atoms with Crippen molar-refractivity contribution in [3.05, 3.63) is 52.3 Å². The first-order valence-electron chi connectivity index (χ1n) is 9.54. The number of piperazine rings is 1. The molecule has 2 aromatic rings. The second-order valence-corrected chi connectivity index (χ2v) is 6.49. The molecular formula is C19H24N6O4. The van der Waals surface area contributed by atoms with Gasteiger partial charge in [-0.1, -0.05) is 30.3 Å². The highest BCUT2D eigenvalue weighted by atomic mass is 16.6. The largest absolute Gasteiger partial charge is 0.450 e. The molecule has 10 nitrogen and oxygen atoms in total. The Balaban J connectivity index is 1.69. The number of nitrogens with one attached hydrogen (secondary N) is 1. The predicted octanol–water partition coefficient (Wildman–Crippen LogP) is 2.32. The van der Waals surface area contributed by atoms with Gasteiger partial charge in [-0.3, -0.25) is 10.1 Å². The van der Waals surface area contributed by atoms with E-state index in [0.717, 1.165) is 12.0 Å². The maximum Gasteiger partial charge on any atom is 0.409 e. The molecule has 29 heavy (non-hydrogen) atoms. The number of hydrogen-bond donors (Lipinski definition) is 1. The topological polar surface area (TPSA) is 114 Å². The number of nitrogens with zero attached hydrogens (tertiary/aromatic N) is 5. The van der Waals surface area contributed by atoms with E-state index in [9.17, 15) is 14.9 Å². The van der Waals surface area contributed by atoms with Gasteiger partial charge in [-0.15, -0.1) is 0 Å². The smallest absolute Gasteiger partial charge is 0.409 e. The van der Waals surface area contributed by atoms with Gasteiger partial charge in [0.15, 0.2) is 0 Å². The third kappa shape index (κ3) is 5.09. The maximum atomic E-state index is 11.8. The van der Waals surface area contributed by atoms with Crippen molar-refractivity contribution in [1.29, 1.82) is 0 Å². The van der Waals surface area contributed by atoms with Gasteiger partial charge in [0, 0.05) is 32.7 Å². The summed E-state index contributed by atoms with van der Waals surface area (Å²) in [6.07, 6.45) is 1.67. The lowest BCUT2D eigenvalue weighted by Crippen LogP contribution is -2.49. The van der Waals surface area contributed by atoms with Crippen molar-refractivity contribution in [3.63, 3.8) is 0 Å². The molecule has 154 valence electrons. The summed E-state index contributed by atoms with van der Waals surface area (Å²) in [5.74, 6) is 0.458. The van der Waals surface area contributed by atoms with Crippen LogP contribution in [0.1, 0.15) is 12.5 Å². The summed E-state index contributed by atoms with van der Waals surface area (Å²) in [5.41, 5.74) is 0.983. The standard InChI is InChI=1S/C19H24N6O4/c1-2-29-19(26)24-12-10-23(11-13-24)18-16(25(27)28)17(21-14-22-18)20-9-8-15-6-4-3-5-7-15/h3-7,14H,2,8-13H2,1H3,(H,20,21,22). The molecule has 0 unspecified atom stereocenters. The Morgan fingerprint density at radius 1 is 1.21 bits per heavy atom. The van der Waals surface area contributed by atoms with Crippen molar-refractivity contribution < 1.29 is 14.5 Å². The highest BCUT2D eigenvalue weighted by Crippen LogP contribution is 2.32. The Morgan fingerprint density at radius 3 is 2.59 bits per heavy atom. The molecule has 1 aliphatic rings. The Morgan fingerprint density at radius 2 is 1.93 bits per heavy atom. The van der Waals surface area contributed by atoms with Gasteiger partial charge in [0.25, 0.3) is 0 Å². The lowest BCUT2D eigenvalue weighted by molar-refractivity contribution is -0.383. The van der Waals surface area contributed by atoms with Gasteiger partial charge in [-0.05, 0) is 18.9 Å². The predicted molar refractivity (Wildman–Crippen MR) is 108 cm³/mol. The lowest BCUT2D eigenvalue weighted by atomic mass is 10.1. The van der Waals surface area contributed by atoms with Crippen LogP contribution in [0.3, 0.4) is 0 Å². The molecule has 2 heterocycles. The number of ether oxygens (including phenoxy) is 1. The molecule has 0 saturated carbocycles. The number of rotatable bonds is 7. The SMILES string of the molecule is CCOC(=O)N1CCN(c2ncnc(NCCc3ccccc3)c2[N+](=O)[O-])CC1. The summed E-state index contributed by atoms with van der Waals surface area (Å²) in [5, 5.41) is 14.8. The molecule has 1 aliphatic heterocycles. The minimum absolute atomic E-state index is 0.148. The van der Waals surface area contributed by atoms with Crippen LogP contribution in [0, 0.1) is 10.1 Å². The fourth-order valence-corrected chi connectivity index (χ4v) is 3.18. The zero-order valence-electron chi connectivity index (χ0n) is 16.3. The average Bonchev–Trinajstić information content (AvgIpc) is 2.74. The quantitative estimate of drug-likeness (QED) is 0.556. The molecule has 1 fully saturated rings. The Bertz CT molecular complexity index is 840. The first-order valence-corrected chi connectivity index (χ1v) is 9.54. The van der Waals surface area contributed by atoms with Gasteiger partial charge < -0.3 is 19.9 Å². The van der Waals surface area contributed by atoms with Crippen LogP contribution in [-0.4, -0.2) is 65.2 Å². The lowest BCUT2D eigenvalue weighted by Gasteiger charge is -2.34. The van der Waals surface area contributed by atoms with Gasteiger partial charge in [-0.25, -0.2) is 14.8 Å². The van der Waals surface area contributed by atoms with Crippen molar-refractivity contribution in [2.24, 2.45) is 0 Å². The van der Waals surface area contributed by atoms with E-state index in [1.54, 1.807) is 16.7 Å². The molecule has 0 radical (unpaired) electrons. The highest BCUT2D eigenvalue weighted by molar-refractivity contribution is 5.71. The average molecular weight is 400 g/mol. The maximum absolute atomic E-state index is 11.8. The third-order valence-corrected chi connectivity index (χ3v) is 4.64. The van der Waals surface area contributed by atoms with Crippen LogP contribution in [0.4, 0.5) is 22.1 Å². The number of nitro groups is 1. The molecule has 0 aliphatic carbocycles. The third-order valence-electron chi connectivity index (χ3n) is 4.64. The van der Waals surface area contributed by atoms with Crippen molar-refractivity contribution in [2.45, 2.75) is 13.3 Å².